The van der Waals surface area contributed by atoms with Crippen LogP contribution in [0.2, 0.25) is 0 Å². The fourth-order valence-corrected chi connectivity index (χ4v) is 4.50. The molecular weight excluding hydrogens is 342 g/mol. The van der Waals surface area contributed by atoms with Crippen molar-refractivity contribution in [2.24, 2.45) is 11.8 Å². The smallest absolute Gasteiger partial charge is 0.109 e. The van der Waals surface area contributed by atoms with Crippen LogP contribution in [0.5, 0.6) is 0 Å². The van der Waals surface area contributed by atoms with Gasteiger partial charge in [0.1, 0.15) is 11.0 Å². The molecule has 0 bridgehead atoms. The quantitative estimate of drug-likeness (QED) is 0.626. The Labute approximate surface area is 157 Å². The van der Waals surface area contributed by atoms with Gasteiger partial charge in [0.2, 0.25) is 0 Å². The number of allylic oxidation sites excluding steroid dienone is 6. The van der Waals surface area contributed by atoms with Crippen LogP contribution in [0.3, 0.4) is 0 Å². The molecule has 2 N–H and O–H groups in total. The second-order valence-electron chi connectivity index (χ2n) is 6.45. The molecule has 0 aromatic carbocycles. The third kappa shape index (κ3) is 3.24. The van der Waals surface area contributed by atoms with E-state index in [9.17, 15) is 0 Å². The van der Waals surface area contributed by atoms with Gasteiger partial charge in [-0.1, -0.05) is 36.5 Å². The Balaban J connectivity index is 1.61. The molecule has 0 aliphatic heterocycles. The number of rotatable bonds is 5. The number of hydrogen-bond acceptors (Lipinski definition) is 5. The highest BCUT2D eigenvalue weighted by Gasteiger charge is 2.25. The van der Waals surface area contributed by atoms with Crippen molar-refractivity contribution in [2.45, 2.75) is 11.7 Å². The topological polar surface area (TPSA) is 66.6 Å². The first-order chi connectivity index (χ1) is 12.8. The summed E-state index contributed by atoms with van der Waals surface area (Å²) in [7, 11) is 1.83. The minimum atomic E-state index is 0.384. The largest absolute Gasteiger partial charge is 0.393 e. The standard InChI is InChI=1S/C20H21N5S/c1-22-11-17(10-21)16-9-20-19(23-12-16)13-24-25(20)26-18-7-6-14-4-2-3-5-15(14)8-18/h2-7,9-15,18,21-22H,8H2,1H3/b17-11+,21-10?. The second kappa shape index (κ2) is 7.33. The zero-order chi connectivity index (χ0) is 17.9. The molecule has 2 aromatic heterocycles. The predicted molar refractivity (Wildman–Crippen MR) is 109 cm³/mol. The first-order valence-electron chi connectivity index (χ1n) is 8.71. The molecule has 0 saturated heterocycles. The average Bonchev–Trinajstić information content (AvgIpc) is 3.08. The van der Waals surface area contributed by atoms with E-state index in [1.54, 1.807) is 30.5 Å². The maximum absolute atomic E-state index is 7.61. The molecule has 26 heavy (non-hydrogen) atoms. The van der Waals surface area contributed by atoms with Crippen LogP contribution in [0.4, 0.5) is 0 Å². The lowest BCUT2D eigenvalue weighted by Crippen LogP contribution is -2.21. The third-order valence-corrected chi connectivity index (χ3v) is 5.87. The van der Waals surface area contributed by atoms with Gasteiger partial charge < -0.3 is 10.7 Å². The fraction of sp³-hybridized carbons (Fsp3) is 0.250. The summed E-state index contributed by atoms with van der Waals surface area (Å²) >= 11 is 1.73. The number of nitrogens with one attached hydrogen (secondary N) is 2. The Morgan fingerprint density at radius 3 is 3.00 bits per heavy atom. The van der Waals surface area contributed by atoms with E-state index in [2.05, 4.69) is 57.9 Å². The van der Waals surface area contributed by atoms with Gasteiger partial charge in [0, 0.05) is 48.0 Å². The number of fused-ring (bicyclic) bond motifs is 2. The first-order valence-corrected chi connectivity index (χ1v) is 9.54. The highest BCUT2D eigenvalue weighted by Crippen LogP contribution is 2.35. The van der Waals surface area contributed by atoms with E-state index in [1.165, 1.54) is 6.21 Å². The van der Waals surface area contributed by atoms with Crippen molar-refractivity contribution in [3.8, 4) is 0 Å². The van der Waals surface area contributed by atoms with Gasteiger partial charge in [-0.05, 0) is 30.4 Å². The van der Waals surface area contributed by atoms with Crippen molar-refractivity contribution in [3.05, 3.63) is 66.7 Å². The van der Waals surface area contributed by atoms with Crippen molar-refractivity contribution in [3.63, 3.8) is 0 Å². The molecule has 3 atom stereocenters. The molecule has 0 spiro atoms. The van der Waals surface area contributed by atoms with Crippen molar-refractivity contribution >= 4 is 34.8 Å². The molecule has 4 rings (SSSR count). The van der Waals surface area contributed by atoms with Gasteiger partial charge in [-0.2, -0.15) is 5.10 Å². The van der Waals surface area contributed by atoms with Gasteiger partial charge in [0.05, 0.1) is 6.20 Å². The summed E-state index contributed by atoms with van der Waals surface area (Å²) in [6.07, 6.45) is 21.3. The Morgan fingerprint density at radius 1 is 1.27 bits per heavy atom. The van der Waals surface area contributed by atoms with Crippen molar-refractivity contribution in [1.82, 2.24) is 19.5 Å². The summed E-state index contributed by atoms with van der Waals surface area (Å²) in [5.41, 5.74) is 3.54. The van der Waals surface area contributed by atoms with Crippen LogP contribution in [-0.2, 0) is 0 Å². The molecule has 2 aliphatic rings. The van der Waals surface area contributed by atoms with Crippen LogP contribution < -0.4 is 5.32 Å². The lowest BCUT2D eigenvalue weighted by Gasteiger charge is -2.29. The van der Waals surface area contributed by atoms with Crippen LogP contribution in [0, 0.1) is 17.2 Å². The highest BCUT2D eigenvalue weighted by molar-refractivity contribution is 7.98. The van der Waals surface area contributed by atoms with Crippen LogP contribution in [0.15, 0.2) is 61.1 Å². The summed E-state index contributed by atoms with van der Waals surface area (Å²) in [5, 5.41) is 15.5. The second-order valence-corrected chi connectivity index (χ2v) is 7.62. The molecule has 2 aromatic rings. The summed E-state index contributed by atoms with van der Waals surface area (Å²) < 4.78 is 1.96. The Morgan fingerprint density at radius 2 is 2.15 bits per heavy atom. The summed E-state index contributed by atoms with van der Waals surface area (Å²) in [4.78, 5) is 4.50. The van der Waals surface area contributed by atoms with Crippen molar-refractivity contribution < 1.29 is 0 Å². The van der Waals surface area contributed by atoms with E-state index in [-0.39, 0.29) is 0 Å². The summed E-state index contributed by atoms with van der Waals surface area (Å²) in [6.45, 7) is 0. The van der Waals surface area contributed by atoms with E-state index in [1.807, 2.05) is 11.1 Å². The third-order valence-electron chi connectivity index (χ3n) is 4.76. The number of hydrogen-bond donors (Lipinski definition) is 2. The number of aromatic nitrogens is 3. The van der Waals surface area contributed by atoms with Crippen LogP contribution in [0.1, 0.15) is 12.0 Å². The van der Waals surface area contributed by atoms with E-state index in [0.29, 0.717) is 17.1 Å². The maximum Gasteiger partial charge on any atom is 0.109 e. The Kier molecular flexibility index (Phi) is 4.75. The molecule has 0 saturated carbocycles. The Bertz CT molecular complexity index is 937. The average molecular weight is 363 g/mol. The molecule has 132 valence electrons. The van der Waals surface area contributed by atoms with Crippen LogP contribution in [0.25, 0.3) is 16.6 Å². The normalized spacial score (nSPS) is 24.7. The predicted octanol–water partition coefficient (Wildman–Crippen LogP) is 3.82. The Hall–Kier alpha value is -2.60. The van der Waals surface area contributed by atoms with Crippen molar-refractivity contribution in [1.29, 1.82) is 5.41 Å². The lowest BCUT2D eigenvalue weighted by atomic mass is 9.81. The number of pyridine rings is 1. The molecule has 3 unspecified atom stereocenters. The van der Waals surface area contributed by atoms with Crippen LogP contribution >= 0.6 is 11.9 Å². The fourth-order valence-electron chi connectivity index (χ4n) is 3.41. The molecule has 0 fully saturated rings. The summed E-state index contributed by atoms with van der Waals surface area (Å²) in [6, 6.07) is 2.05. The van der Waals surface area contributed by atoms with E-state index in [0.717, 1.165) is 28.6 Å². The summed E-state index contributed by atoms with van der Waals surface area (Å²) in [5.74, 6) is 1.10. The zero-order valence-electron chi connectivity index (χ0n) is 14.5. The maximum atomic E-state index is 7.61. The van der Waals surface area contributed by atoms with E-state index in [4.69, 9.17) is 5.41 Å². The first kappa shape index (κ1) is 16.8. The molecular formula is C20H21N5S. The lowest BCUT2D eigenvalue weighted by molar-refractivity contribution is 0.497. The van der Waals surface area contributed by atoms with Gasteiger partial charge in [-0.25, -0.2) is 4.09 Å². The molecule has 0 amide bonds. The van der Waals surface area contributed by atoms with Gasteiger partial charge in [-0.15, -0.1) is 0 Å². The molecule has 2 aliphatic carbocycles. The molecule has 2 heterocycles. The minimum absolute atomic E-state index is 0.384. The van der Waals surface area contributed by atoms with Crippen molar-refractivity contribution in [2.75, 3.05) is 7.05 Å². The van der Waals surface area contributed by atoms with Gasteiger partial charge >= 0.3 is 0 Å². The SMILES string of the molecule is CN/C=C(\C=N)c1cnc2cnn(SC3C=CC4C=CC=CC4C3)c2c1. The van der Waals surface area contributed by atoms with E-state index >= 15 is 0 Å². The number of nitrogens with zero attached hydrogens (tertiary/aromatic N) is 3. The highest BCUT2D eigenvalue weighted by atomic mass is 32.2. The minimum Gasteiger partial charge on any atom is -0.393 e. The van der Waals surface area contributed by atoms with Gasteiger partial charge in [0.25, 0.3) is 0 Å². The monoisotopic (exact) mass is 363 g/mol. The molecule has 5 nitrogen and oxygen atoms in total. The van der Waals surface area contributed by atoms with Crippen LogP contribution in [-0.4, -0.2) is 32.7 Å². The zero-order valence-corrected chi connectivity index (χ0v) is 15.4. The van der Waals surface area contributed by atoms with E-state index < -0.39 is 0 Å². The van der Waals surface area contributed by atoms with Gasteiger partial charge in [0.15, 0.2) is 0 Å². The molecule has 6 heteroatoms. The van der Waals surface area contributed by atoms with Gasteiger partial charge in [-0.3, -0.25) is 4.98 Å². The molecule has 0 radical (unpaired) electrons.